The van der Waals surface area contributed by atoms with Crippen molar-refractivity contribution in [3.63, 3.8) is 0 Å². The van der Waals surface area contributed by atoms with Crippen LogP contribution in [0.3, 0.4) is 0 Å². The third-order valence-corrected chi connectivity index (χ3v) is 4.69. The number of nitrogens with zero attached hydrogens (tertiary/aromatic N) is 2. The van der Waals surface area contributed by atoms with Crippen molar-refractivity contribution >= 4 is 35.0 Å². The molecule has 0 amide bonds. The normalized spacial score (nSPS) is 16.2. The fourth-order valence-corrected chi connectivity index (χ4v) is 2.91. The summed E-state index contributed by atoms with van der Waals surface area (Å²) < 4.78 is 0. The van der Waals surface area contributed by atoms with Gasteiger partial charge in [0, 0.05) is 17.8 Å². The number of hydrogen-bond donors (Lipinski definition) is 5. The Bertz CT molecular complexity index is 1010. The molecule has 0 unspecified atom stereocenters. The Hall–Kier alpha value is -2.94. The topological polar surface area (TPSA) is 126 Å². The molecule has 1 heterocycles. The third kappa shape index (κ3) is 5.35. The van der Waals surface area contributed by atoms with Crippen LogP contribution in [0.2, 0.25) is 0 Å². The van der Waals surface area contributed by atoms with E-state index in [9.17, 15) is 20.4 Å². The first kappa shape index (κ1) is 21.8. The lowest BCUT2D eigenvalue weighted by molar-refractivity contribution is -0.0999. The number of aliphatic hydroxyl groups is 5. The molecule has 0 aliphatic heterocycles. The Morgan fingerprint density at radius 3 is 2.33 bits per heavy atom. The van der Waals surface area contributed by atoms with Crippen LogP contribution in [0.4, 0.5) is 5.69 Å². The summed E-state index contributed by atoms with van der Waals surface area (Å²) in [5.74, 6) is 0. The molecule has 4 atom stereocenters. The number of fused-ring (bicyclic) bond motifs is 1. The molecule has 0 aliphatic rings. The quantitative estimate of drug-likeness (QED) is 0.360. The van der Waals surface area contributed by atoms with E-state index in [1.54, 1.807) is 18.3 Å². The molecule has 0 fully saturated rings. The molecule has 0 saturated heterocycles. The largest absolute Gasteiger partial charge is 0.394 e. The summed E-state index contributed by atoms with van der Waals surface area (Å²) >= 11 is 0. The maximum atomic E-state index is 9.88. The lowest BCUT2D eigenvalue weighted by Gasteiger charge is -2.23. The zero-order chi connectivity index (χ0) is 21.5. The van der Waals surface area contributed by atoms with Gasteiger partial charge in [-0.1, -0.05) is 42.5 Å². The van der Waals surface area contributed by atoms with Gasteiger partial charge in [0.25, 0.3) is 0 Å². The summed E-state index contributed by atoms with van der Waals surface area (Å²) in [4.78, 5) is 8.42. The average molecular weight is 408 g/mol. The first-order valence-electron chi connectivity index (χ1n) is 9.49. The summed E-state index contributed by atoms with van der Waals surface area (Å²) in [6, 6.07) is 17.1. The van der Waals surface area contributed by atoms with Gasteiger partial charge in [-0.05, 0) is 35.4 Å². The monoisotopic (exact) mass is 408 g/mol. The highest BCUT2D eigenvalue weighted by Crippen LogP contribution is 2.20. The highest BCUT2D eigenvalue weighted by molar-refractivity contribution is 5.90. The molecule has 0 radical (unpaired) electrons. The number of aliphatic imine (C=N–C) groups is 1. The van der Waals surface area contributed by atoms with Crippen molar-refractivity contribution in [3.8, 4) is 0 Å². The third-order valence-electron chi connectivity index (χ3n) is 4.69. The Kier molecular flexibility index (Phi) is 7.40. The molecule has 3 aromatic rings. The van der Waals surface area contributed by atoms with Crippen LogP contribution in [-0.2, 0) is 0 Å². The van der Waals surface area contributed by atoms with Crippen LogP contribution in [0.25, 0.3) is 23.1 Å². The van der Waals surface area contributed by atoms with E-state index in [0.717, 1.165) is 28.2 Å². The van der Waals surface area contributed by atoms with E-state index in [0.29, 0.717) is 5.69 Å². The van der Waals surface area contributed by atoms with E-state index in [1.165, 1.54) is 0 Å². The lowest BCUT2D eigenvalue weighted by Crippen LogP contribution is -2.46. The predicted molar refractivity (Wildman–Crippen MR) is 116 cm³/mol. The lowest BCUT2D eigenvalue weighted by atomic mass is 10.0. The molecule has 30 heavy (non-hydrogen) atoms. The van der Waals surface area contributed by atoms with Crippen LogP contribution in [0.1, 0.15) is 11.1 Å². The van der Waals surface area contributed by atoms with Crippen molar-refractivity contribution < 1.29 is 25.5 Å². The fraction of sp³-hybridized carbons (Fsp3) is 0.217. The molecule has 156 valence electrons. The summed E-state index contributed by atoms with van der Waals surface area (Å²) in [5, 5.41) is 48.5. The smallest absolute Gasteiger partial charge is 0.118 e. The molecule has 0 saturated carbocycles. The van der Waals surface area contributed by atoms with E-state index in [-0.39, 0.29) is 0 Å². The summed E-state index contributed by atoms with van der Waals surface area (Å²) in [6.45, 7) is -0.730. The standard InChI is InChI=1S/C23H24N2O5/c26-14-21(28)23(30)22(29)20(27)13-25-17-9-6-15(7-10-17)5-8-16-11-12-24-19-4-2-1-3-18(16)19/h1-13,20-23,26-30H,14H2/b8-5+,25-13?/t20-,21-,22-,23-/m0/s1. The fourth-order valence-electron chi connectivity index (χ4n) is 2.91. The highest BCUT2D eigenvalue weighted by atomic mass is 16.4. The molecule has 2 aromatic carbocycles. The molecule has 3 rings (SSSR count). The van der Waals surface area contributed by atoms with Crippen molar-refractivity contribution in [3.05, 3.63) is 71.9 Å². The minimum atomic E-state index is -1.69. The van der Waals surface area contributed by atoms with Crippen molar-refractivity contribution in [1.82, 2.24) is 4.98 Å². The van der Waals surface area contributed by atoms with Gasteiger partial charge in [-0.3, -0.25) is 9.98 Å². The zero-order valence-corrected chi connectivity index (χ0v) is 16.2. The molecule has 0 bridgehead atoms. The number of aromatic nitrogens is 1. The first-order valence-corrected chi connectivity index (χ1v) is 9.49. The van der Waals surface area contributed by atoms with Crippen LogP contribution in [-0.4, -0.2) is 67.8 Å². The Labute approximate surface area is 173 Å². The maximum Gasteiger partial charge on any atom is 0.118 e. The van der Waals surface area contributed by atoms with E-state index in [4.69, 9.17) is 5.11 Å². The second-order valence-electron chi connectivity index (χ2n) is 6.84. The summed E-state index contributed by atoms with van der Waals surface area (Å²) in [5.41, 5.74) is 3.49. The number of aliphatic hydroxyl groups excluding tert-OH is 5. The van der Waals surface area contributed by atoms with Crippen LogP contribution in [0, 0.1) is 0 Å². The Morgan fingerprint density at radius 1 is 0.867 bits per heavy atom. The van der Waals surface area contributed by atoms with E-state index in [1.807, 2.05) is 54.6 Å². The number of para-hydroxylation sites is 1. The van der Waals surface area contributed by atoms with Crippen molar-refractivity contribution in [2.75, 3.05) is 6.61 Å². The van der Waals surface area contributed by atoms with E-state index < -0.39 is 31.0 Å². The SMILES string of the molecule is OC[C@H](O)[C@H](O)[C@@H](O)[C@@H](O)C=Nc1ccc(/C=C/c2ccnc3ccccc23)cc1. The van der Waals surface area contributed by atoms with Crippen LogP contribution < -0.4 is 0 Å². The van der Waals surface area contributed by atoms with Gasteiger partial charge in [-0.15, -0.1) is 0 Å². The maximum absolute atomic E-state index is 9.88. The molecule has 7 heteroatoms. The second-order valence-corrected chi connectivity index (χ2v) is 6.84. The average Bonchev–Trinajstić information content (AvgIpc) is 2.80. The number of benzene rings is 2. The van der Waals surface area contributed by atoms with Gasteiger partial charge < -0.3 is 25.5 Å². The Balaban J connectivity index is 1.66. The van der Waals surface area contributed by atoms with Gasteiger partial charge in [0.2, 0.25) is 0 Å². The first-order chi connectivity index (χ1) is 14.5. The van der Waals surface area contributed by atoms with Crippen molar-refractivity contribution in [1.29, 1.82) is 0 Å². The zero-order valence-electron chi connectivity index (χ0n) is 16.2. The van der Waals surface area contributed by atoms with Gasteiger partial charge in [-0.25, -0.2) is 0 Å². The summed E-state index contributed by atoms with van der Waals surface area (Å²) in [7, 11) is 0. The van der Waals surface area contributed by atoms with Gasteiger partial charge in [-0.2, -0.15) is 0 Å². The van der Waals surface area contributed by atoms with Gasteiger partial charge in [0.05, 0.1) is 17.8 Å². The highest BCUT2D eigenvalue weighted by Gasteiger charge is 2.29. The number of pyridine rings is 1. The molecule has 1 aromatic heterocycles. The van der Waals surface area contributed by atoms with Gasteiger partial charge in [0.1, 0.15) is 24.4 Å². The van der Waals surface area contributed by atoms with E-state index in [2.05, 4.69) is 9.98 Å². The minimum Gasteiger partial charge on any atom is -0.394 e. The van der Waals surface area contributed by atoms with Crippen LogP contribution in [0.5, 0.6) is 0 Å². The van der Waals surface area contributed by atoms with Crippen LogP contribution >= 0.6 is 0 Å². The number of rotatable bonds is 8. The molecular weight excluding hydrogens is 384 g/mol. The molecule has 5 N–H and O–H groups in total. The van der Waals surface area contributed by atoms with Crippen molar-refractivity contribution in [2.24, 2.45) is 4.99 Å². The van der Waals surface area contributed by atoms with Gasteiger partial charge in [0.15, 0.2) is 0 Å². The predicted octanol–water partition coefficient (Wildman–Crippen LogP) is 1.54. The van der Waals surface area contributed by atoms with Crippen LogP contribution in [0.15, 0.2) is 65.8 Å². The molecule has 7 nitrogen and oxygen atoms in total. The minimum absolute atomic E-state index is 0.546. The Morgan fingerprint density at radius 2 is 1.60 bits per heavy atom. The van der Waals surface area contributed by atoms with Crippen molar-refractivity contribution in [2.45, 2.75) is 24.4 Å². The molecular formula is C23H24N2O5. The molecule has 0 aliphatic carbocycles. The van der Waals surface area contributed by atoms with E-state index >= 15 is 0 Å². The van der Waals surface area contributed by atoms with Gasteiger partial charge >= 0.3 is 0 Å². The number of hydrogen-bond acceptors (Lipinski definition) is 7. The summed E-state index contributed by atoms with van der Waals surface area (Å²) in [6.07, 6.45) is 0.424. The second kappa shape index (κ2) is 10.2. The molecule has 0 spiro atoms.